The number of rotatable bonds is 9. The number of carbonyl (C=O) groups is 2. The van der Waals surface area contributed by atoms with Gasteiger partial charge in [0, 0.05) is 23.0 Å². The van der Waals surface area contributed by atoms with E-state index < -0.39 is 0 Å². The molecule has 0 atom stereocenters. The number of aromatic nitrogens is 2. The van der Waals surface area contributed by atoms with Crippen molar-refractivity contribution in [2.45, 2.75) is 47.0 Å². The van der Waals surface area contributed by atoms with Crippen LogP contribution in [0, 0.1) is 12.8 Å². The van der Waals surface area contributed by atoms with Crippen molar-refractivity contribution >= 4 is 29.2 Å². The van der Waals surface area contributed by atoms with E-state index in [1.54, 1.807) is 28.9 Å². The Morgan fingerprint density at radius 1 is 1.11 bits per heavy atom. The number of carbonyl (C=O) groups excluding carboxylic acids is 2. The number of nitrogens with one attached hydrogen (secondary N) is 1. The lowest BCUT2D eigenvalue weighted by molar-refractivity contribution is -0.137. The molecule has 0 unspecified atom stereocenters. The Balaban J connectivity index is 1.76. The molecule has 1 heterocycles. The number of nitrogens with zero attached hydrogens (tertiary/aromatic N) is 3. The fourth-order valence-electron chi connectivity index (χ4n) is 3.61. The van der Waals surface area contributed by atoms with Crippen LogP contribution >= 0.6 is 11.6 Å². The molecule has 8 heteroatoms. The van der Waals surface area contributed by atoms with Crippen LogP contribution in [0.15, 0.2) is 54.6 Å². The number of benzene rings is 2. The molecular formula is C28H35ClN4O3. The van der Waals surface area contributed by atoms with Gasteiger partial charge < -0.3 is 15.0 Å². The molecule has 3 rings (SSSR count). The highest BCUT2D eigenvalue weighted by Crippen LogP contribution is 2.26. The van der Waals surface area contributed by atoms with Gasteiger partial charge in [0.1, 0.15) is 18.1 Å². The maximum Gasteiger partial charge on any atom is 0.260 e. The summed E-state index contributed by atoms with van der Waals surface area (Å²) in [4.78, 5) is 27.6. The summed E-state index contributed by atoms with van der Waals surface area (Å²) >= 11 is 5.91. The standard InChI is InChI=1S/C28H35ClN4O3/c1-19(2)16-32(27(35)18-36-23-12-10-21(29)11-13-23)17-26(34)30-25-15-24(28(4,5)6)31-33(25)22-9-7-8-20(3)14-22/h7-15,19H,16-18H2,1-6H3,(H,30,34). The van der Waals surface area contributed by atoms with Crippen LogP contribution in [0.25, 0.3) is 5.69 Å². The molecule has 0 saturated carbocycles. The largest absolute Gasteiger partial charge is 0.484 e. The quantitative estimate of drug-likeness (QED) is 0.404. The fraction of sp³-hybridized carbons (Fsp3) is 0.393. The third kappa shape index (κ3) is 7.59. The Hall–Kier alpha value is -3.32. The van der Waals surface area contributed by atoms with Crippen molar-refractivity contribution in [3.63, 3.8) is 0 Å². The molecule has 0 saturated heterocycles. The summed E-state index contributed by atoms with van der Waals surface area (Å²) in [6, 6.07) is 16.6. The van der Waals surface area contributed by atoms with E-state index in [2.05, 4.69) is 26.1 Å². The van der Waals surface area contributed by atoms with Gasteiger partial charge in [0.15, 0.2) is 6.61 Å². The van der Waals surface area contributed by atoms with E-state index >= 15 is 0 Å². The predicted molar refractivity (Wildman–Crippen MR) is 144 cm³/mol. The summed E-state index contributed by atoms with van der Waals surface area (Å²) < 4.78 is 7.36. The van der Waals surface area contributed by atoms with Crippen LogP contribution in [-0.4, -0.2) is 46.2 Å². The SMILES string of the molecule is Cc1cccc(-n2nc(C(C)(C)C)cc2NC(=O)CN(CC(C)C)C(=O)COc2ccc(Cl)cc2)c1. The summed E-state index contributed by atoms with van der Waals surface area (Å²) in [6.45, 7) is 12.4. The first-order valence-electron chi connectivity index (χ1n) is 12.1. The number of anilines is 1. The number of halogens is 1. The topological polar surface area (TPSA) is 76.5 Å². The highest BCUT2D eigenvalue weighted by Gasteiger charge is 2.23. The molecule has 2 aromatic carbocycles. The molecule has 36 heavy (non-hydrogen) atoms. The van der Waals surface area contributed by atoms with Gasteiger partial charge in [-0.2, -0.15) is 5.10 Å². The molecule has 0 bridgehead atoms. The van der Waals surface area contributed by atoms with Gasteiger partial charge in [-0.3, -0.25) is 9.59 Å². The Kier molecular flexibility index (Phi) is 8.79. The Morgan fingerprint density at radius 3 is 2.42 bits per heavy atom. The monoisotopic (exact) mass is 510 g/mol. The first-order chi connectivity index (χ1) is 16.9. The van der Waals surface area contributed by atoms with Crippen molar-refractivity contribution in [1.82, 2.24) is 14.7 Å². The molecule has 3 aromatic rings. The number of ether oxygens (including phenoxy) is 1. The van der Waals surface area contributed by atoms with Crippen molar-refractivity contribution in [3.8, 4) is 11.4 Å². The van der Waals surface area contributed by atoms with Crippen LogP contribution in [0.4, 0.5) is 5.82 Å². The number of amides is 2. The Morgan fingerprint density at radius 2 is 1.81 bits per heavy atom. The van der Waals surface area contributed by atoms with Crippen LogP contribution in [-0.2, 0) is 15.0 Å². The third-order valence-corrected chi connectivity index (χ3v) is 5.69. The predicted octanol–water partition coefficient (Wildman–Crippen LogP) is 5.63. The molecular weight excluding hydrogens is 476 g/mol. The minimum Gasteiger partial charge on any atom is -0.484 e. The second-order valence-corrected chi connectivity index (χ2v) is 10.8. The van der Waals surface area contributed by atoms with Gasteiger partial charge in [-0.25, -0.2) is 4.68 Å². The molecule has 0 fully saturated rings. The van der Waals surface area contributed by atoms with Crippen molar-refractivity contribution in [1.29, 1.82) is 0 Å². The van der Waals surface area contributed by atoms with E-state index in [0.717, 1.165) is 16.9 Å². The van der Waals surface area contributed by atoms with Crippen molar-refractivity contribution in [3.05, 3.63) is 70.9 Å². The van der Waals surface area contributed by atoms with Crippen LogP contribution in [0.2, 0.25) is 5.02 Å². The van der Waals surface area contributed by atoms with Gasteiger partial charge in [0.2, 0.25) is 5.91 Å². The van der Waals surface area contributed by atoms with Crippen LogP contribution in [0.3, 0.4) is 0 Å². The van der Waals surface area contributed by atoms with E-state index in [1.165, 1.54) is 4.90 Å². The number of aryl methyl sites for hydroxylation is 1. The minimum absolute atomic E-state index is 0.0924. The molecule has 0 spiro atoms. The lowest BCUT2D eigenvalue weighted by atomic mass is 9.92. The third-order valence-electron chi connectivity index (χ3n) is 5.44. The first-order valence-corrected chi connectivity index (χ1v) is 12.4. The second kappa shape index (κ2) is 11.6. The Labute approximate surface area is 218 Å². The lowest BCUT2D eigenvalue weighted by Crippen LogP contribution is -2.42. The molecule has 2 amide bonds. The highest BCUT2D eigenvalue weighted by atomic mass is 35.5. The smallest absolute Gasteiger partial charge is 0.260 e. The zero-order valence-corrected chi connectivity index (χ0v) is 22.6. The lowest BCUT2D eigenvalue weighted by Gasteiger charge is -2.24. The summed E-state index contributed by atoms with van der Waals surface area (Å²) in [6.07, 6.45) is 0. The summed E-state index contributed by atoms with van der Waals surface area (Å²) in [5, 5.41) is 8.33. The van der Waals surface area contributed by atoms with Gasteiger partial charge in [0.25, 0.3) is 5.91 Å². The Bertz CT molecular complexity index is 1200. The van der Waals surface area contributed by atoms with Crippen LogP contribution < -0.4 is 10.1 Å². The normalized spacial score (nSPS) is 11.4. The molecule has 1 aromatic heterocycles. The van der Waals surface area contributed by atoms with Crippen molar-refractivity contribution < 1.29 is 14.3 Å². The summed E-state index contributed by atoms with van der Waals surface area (Å²) in [5.41, 5.74) is 2.60. The van der Waals surface area contributed by atoms with Gasteiger partial charge in [0.05, 0.1) is 11.4 Å². The molecule has 7 nitrogen and oxygen atoms in total. The molecule has 192 valence electrons. The fourth-order valence-corrected chi connectivity index (χ4v) is 3.74. The van der Waals surface area contributed by atoms with Gasteiger partial charge >= 0.3 is 0 Å². The molecule has 1 N–H and O–H groups in total. The zero-order valence-electron chi connectivity index (χ0n) is 21.8. The zero-order chi connectivity index (χ0) is 26.5. The maximum absolute atomic E-state index is 13.1. The second-order valence-electron chi connectivity index (χ2n) is 10.4. The summed E-state index contributed by atoms with van der Waals surface area (Å²) in [5.74, 6) is 0.715. The van der Waals surface area contributed by atoms with E-state index in [-0.39, 0.29) is 36.3 Å². The van der Waals surface area contributed by atoms with E-state index in [9.17, 15) is 9.59 Å². The van der Waals surface area contributed by atoms with Gasteiger partial charge in [-0.15, -0.1) is 0 Å². The number of hydrogen-bond acceptors (Lipinski definition) is 4. The van der Waals surface area contributed by atoms with E-state index in [4.69, 9.17) is 21.4 Å². The molecule has 0 aliphatic rings. The minimum atomic E-state index is -0.301. The van der Waals surface area contributed by atoms with Gasteiger partial charge in [-0.05, 0) is 54.8 Å². The average Bonchev–Trinajstić information content (AvgIpc) is 3.22. The maximum atomic E-state index is 13.1. The van der Waals surface area contributed by atoms with Gasteiger partial charge in [-0.1, -0.05) is 58.4 Å². The summed E-state index contributed by atoms with van der Waals surface area (Å²) in [7, 11) is 0. The average molecular weight is 511 g/mol. The van der Waals surface area contributed by atoms with E-state index in [1.807, 2.05) is 51.1 Å². The molecule has 0 aliphatic carbocycles. The van der Waals surface area contributed by atoms with Crippen LogP contribution in [0.5, 0.6) is 5.75 Å². The molecule has 0 radical (unpaired) electrons. The highest BCUT2D eigenvalue weighted by molar-refractivity contribution is 6.30. The van der Waals surface area contributed by atoms with Crippen molar-refractivity contribution in [2.24, 2.45) is 5.92 Å². The van der Waals surface area contributed by atoms with Crippen molar-refractivity contribution in [2.75, 3.05) is 25.0 Å². The van der Waals surface area contributed by atoms with Crippen LogP contribution in [0.1, 0.15) is 45.9 Å². The number of hydrogen-bond donors (Lipinski definition) is 1. The first kappa shape index (κ1) is 27.3. The molecule has 0 aliphatic heterocycles. The van der Waals surface area contributed by atoms with E-state index in [0.29, 0.717) is 23.1 Å².